The van der Waals surface area contributed by atoms with Crippen molar-refractivity contribution in [3.05, 3.63) is 35.9 Å². The Morgan fingerprint density at radius 3 is 2.66 bits per heavy atom. The van der Waals surface area contributed by atoms with Gasteiger partial charge in [-0.05, 0) is 37.5 Å². The summed E-state index contributed by atoms with van der Waals surface area (Å²) in [6.45, 7) is 7.09. The van der Waals surface area contributed by atoms with Gasteiger partial charge >= 0.3 is 0 Å². The third-order valence-electron chi connectivity index (χ3n) is 6.08. The van der Waals surface area contributed by atoms with Gasteiger partial charge in [0.05, 0.1) is 12.1 Å². The number of benzene rings is 1. The highest BCUT2D eigenvalue weighted by molar-refractivity contribution is 5.85. The molecule has 4 rings (SSSR count). The summed E-state index contributed by atoms with van der Waals surface area (Å²) < 4.78 is 5.58. The Kier molecular flexibility index (Phi) is 7.09. The van der Waals surface area contributed by atoms with Crippen molar-refractivity contribution in [2.45, 2.75) is 32.4 Å². The van der Waals surface area contributed by atoms with Gasteiger partial charge in [0.15, 0.2) is 5.96 Å². The van der Waals surface area contributed by atoms with Crippen molar-refractivity contribution in [3.8, 4) is 0 Å². The number of pyridine rings is 1. The molecule has 1 aromatic carbocycles. The molecule has 2 fully saturated rings. The van der Waals surface area contributed by atoms with Crippen molar-refractivity contribution >= 4 is 28.6 Å². The Labute approximate surface area is 190 Å². The lowest BCUT2D eigenvalue weighted by Crippen LogP contribution is -2.55. The first-order valence-electron chi connectivity index (χ1n) is 11.6. The zero-order valence-corrected chi connectivity index (χ0v) is 19.4. The number of fused-ring (bicyclic) bond motifs is 1. The highest BCUT2D eigenvalue weighted by atomic mass is 16.5. The van der Waals surface area contributed by atoms with E-state index in [4.69, 9.17) is 14.7 Å². The van der Waals surface area contributed by atoms with Gasteiger partial charge in [-0.25, -0.2) is 9.98 Å². The number of nitrogens with zero attached hydrogens (tertiary/aromatic N) is 5. The maximum atomic E-state index is 12.7. The number of nitrogens with one attached hydrogen (secondary N) is 1. The summed E-state index contributed by atoms with van der Waals surface area (Å²) >= 11 is 0. The molecular formula is C24H34N6O2. The van der Waals surface area contributed by atoms with Crippen LogP contribution < -0.4 is 10.2 Å². The second-order valence-electron chi connectivity index (χ2n) is 8.54. The number of carbonyl (C=O) groups excluding carboxylic acids is 1. The minimum atomic E-state index is -0.241. The van der Waals surface area contributed by atoms with Crippen LogP contribution in [-0.2, 0) is 16.1 Å². The van der Waals surface area contributed by atoms with E-state index in [9.17, 15) is 4.79 Å². The lowest BCUT2D eigenvalue weighted by molar-refractivity contribution is -0.142. The van der Waals surface area contributed by atoms with E-state index < -0.39 is 0 Å². The second kappa shape index (κ2) is 10.2. The molecule has 1 atom stereocenters. The quantitative estimate of drug-likeness (QED) is 0.569. The Hall–Kier alpha value is -2.87. The molecule has 8 heteroatoms. The molecule has 0 bridgehead atoms. The number of carbonyl (C=O) groups is 1. The lowest BCUT2D eigenvalue weighted by atomic mass is 10.1. The molecule has 2 aliphatic rings. The SMILES string of the molecule is CCNC(=NCc1cc(N(C)C)nc2ccccc12)N1CCN(C(=O)C2CCCO2)CC1. The molecule has 32 heavy (non-hydrogen) atoms. The van der Waals surface area contributed by atoms with Crippen LogP contribution in [0, 0.1) is 0 Å². The molecule has 3 heterocycles. The van der Waals surface area contributed by atoms with Gasteiger partial charge in [-0.15, -0.1) is 0 Å². The zero-order chi connectivity index (χ0) is 22.5. The van der Waals surface area contributed by atoms with E-state index in [2.05, 4.69) is 29.3 Å². The van der Waals surface area contributed by atoms with Crippen molar-refractivity contribution in [1.29, 1.82) is 0 Å². The topological polar surface area (TPSA) is 73.3 Å². The number of hydrogen-bond acceptors (Lipinski definition) is 5. The molecule has 2 saturated heterocycles. The van der Waals surface area contributed by atoms with Crippen LogP contribution in [-0.4, -0.2) is 86.2 Å². The van der Waals surface area contributed by atoms with Gasteiger partial charge in [0.1, 0.15) is 11.9 Å². The van der Waals surface area contributed by atoms with Crippen molar-refractivity contribution in [2.75, 3.05) is 58.3 Å². The summed E-state index contributed by atoms with van der Waals surface area (Å²) in [5.74, 6) is 1.97. The molecule has 1 aromatic heterocycles. The lowest BCUT2D eigenvalue weighted by Gasteiger charge is -2.37. The standard InChI is InChI=1S/C24H34N6O2/c1-4-25-24(30-13-11-29(12-14-30)23(31)21-10-7-15-32-21)26-17-18-16-22(28(2)3)27-20-9-6-5-8-19(18)20/h5-6,8-9,16,21H,4,7,10-15,17H2,1-3H3,(H,25,26). The number of ether oxygens (including phenoxy) is 1. The number of hydrogen-bond donors (Lipinski definition) is 1. The maximum absolute atomic E-state index is 12.7. The predicted octanol–water partition coefficient (Wildman–Crippen LogP) is 2.09. The fourth-order valence-corrected chi connectivity index (χ4v) is 4.29. The molecule has 2 aliphatic heterocycles. The number of piperazine rings is 1. The van der Waals surface area contributed by atoms with Crippen molar-refractivity contribution < 1.29 is 9.53 Å². The summed E-state index contributed by atoms with van der Waals surface area (Å²) in [6, 6.07) is 10.3. The summed E-state index contributed by atoms with van der Waals surface area (Å²) in [5.41, 5.74) is 2.14. The molecule has 8 nitrogen and oxygen atoms in total. The monoisotopic (exact) mass is 438 g/mol. The molecule has 2 aromatic rings. The first kappa shape index (κ1) is 22.3. The average molecular weight is 439 g/mol. The van der Waals surface area contributed by atoms with Crippen LogP contribution in [0.4, 0.5) is 5.82 Å². The van der Waals surface area contributed by atoms with E-state index >= 15 is 0 Å². The largest absolute Gasteiger partial charge is 0.368 e. The number of guanidine groups is 1. The Balaban J connectivity index is 1.48. The number of aromatic nitrogens is 1. The molecule has 0 radical (unpaired) electrons. The van der Waals surface area contributed by atoms with Crippen molar-refractivity contribution in [3.63, 3.8) is 0 Å². The van der Waals surface area contributed by atoms with Gasteiger partial charge in [0.25, 0.3) is 5.91 Å². The van der Waals surface area contributed by atoms with E-state index in [0.29, 0.717) is 26.2 Å². The summed E-state index contributed by atoms with van der Waals surface area (Å²) in [4.78, 5) is 28.6. The Bertz CT molecular complexity index is 962. The van der Waals surface area contributed by atoms with Crippen molar-refractivity contribution in [2.24, 2.45) is 4.99 Å². The van der Waals surface area contributed by atoms with Gasteiger partial charge in [-0.3, -0.25) is 4.79 Å². The van der Waals surface area contributed by atoms with Crippen molar-refractivity contribution in [1.82, 2.24) is 20.1 Å². The van der Waals surface area contributed by atoms with Gasteiger partial charge in [0, 0.05) is 58.8 Å². The third kappa shape index (κ3) is 4.96. The normalized spacial score (nSPS) is 19.5. The van der Waals surface area contributed by atoms with Crippen LogP contribution in [0.2, 0.25) is 0 Å². The van der Waals surface area contributed by atoms with Gasteiger partial charge in [-0.2, -0.15) is 0 Å². The Morgan fingerprint density at radius 1 is 1.22 bits per heavy atom. The van der Waals surface area contributed by atoms with Crippen LogP contribution >= 0.6 is 0 Å². The fraction of sp³-hybridized carbons (Fsp3) is 0.542. The number of amides is 1. The third-order valence-corrected chi connectivity index (χ3v) is 6.08. The highest BCUT2D eigenvalue weighted by Crippen LogP contribution is 2.23. The van der Waals surface area contributed by atoms with E-state index in [0.717, 1.165) is 60.7 Å². The zero-order valence-electron chi connectivity index (χ0n) is 19.4. The first-order chi connectivity index (χ1) is 15.6. The molecule has 0 aliphatic carbocycles. The van der Waals surface area contributed by atoms with Crippen LogP contribution in [0.3, 0.4) is 0 Å². The fourth-order valence-electron chi connectivity index (χ4n) is 4.29. The maximum Gasteiger partial charge on any atom is 0.251 e. The van der Waals surface area contributed by atoms with Crippen LogP contribution in [0.15, 0.2) is 35.3 Å². The van der Waals surface area contributed by atoms with Gasteiger partial charge in [0.2, 0.25) is 0 Å². The summed E-state index contributed by atoms with van der Waals surface area (Å²) in [6.07, 6.45) is 1.58. The number of aliphatic imine (C=N–C) groups is 1. The molecular weight excluding hydrogens is 404 g/mol. The Morgan fingerprint density at radius 2 is 1.97 bits per heavy atom. The molecule has 0 saturated carbocycles. The van der Waals surface area contributed by atoms with Gasteiger partial charge in [-0.1, -0.05) is 18.2 Å². The van der Waals surface area contributed by atoms with Crippen LogP contribution in [0.25, 0.3) is 10.9 Å². The summed E-state index contributed by atoms with van der Waals surface area (Å²) in [5, 5.41) is 4.56. The molecule has 1 N–H and O–H groups in total. The van der Waals surface area contributed by atoms with E-state index in [-0.39, 0.29) is 12.0 Å². The van der Waals surface area contributed by atoms with Crippen LogP contribution in [0.5, 0.6) is 0 Å². The molecule has 172 valence electrons. The number of rotatable bonds is 5. The van der Waals surface area contributed by atoms with E-state index in [1.165, 1.54) is 0 Å². The number of para-hydroxylation sites is 1. The minimum Gasteiger partial charge on any atom is -0.368 e. The molecule has 1 amide bonds. The first-order valence-corrected chi connectivity index (χ1v) is 11.6. The van der Waals surface area contributed by atoms with Crippen LogP contribution in [0.1, 0.15) is 25.3 Å². The molecule has 0 spiro atoms. The smallest absolute Gasteiger partial charge is 0.251 e. The summed E-state index contributed by atoms with van der Waals surface area (Å²) in [7, 11) is 4.01. The van der Waals surface area contributed by atoms with E-state index in [1.807, 2.05) is 42.1 Å². The van der Waals surface area contributed by atoms with E-state index in [1.54, 1.807) is 0 Å². The predicted molar refractivity (Wildman–Crippen MR) is 128 cm³/mol. The highest BCUT2D eigenvalue weighted by Gasteiger charge is 2.30. The second-order valence-corrected chi connectivity index (χ2v) is 8.54. The van der Waals surface area contributed by atoms with Gasteiger partial charge < -0.3 is 24.8 Å². The number of anilines is 1. The molecule has 1 unspecified atom stereocenters. The minimum absolute atomic E-state index is 0.142. The average Bonchev–Trinajstić information content (AvgIpc) is 3.36.